The van der Waals surface area contributed by atoms with Crippen molar-refractivity contribution in [1.82, 2.24) is 5.32 Å². The van der Waals surface area contributed by atoms with Gasteiger partial charge >= 0.3 is 0 Å². The standard InChI is InChI=1S/C17H18Br2FN/c1-2-8-21-17(10-12-4-3-5-13(18)9-12)15-7-6-14(19)11-16(15)20/h3-7,9,11,17,21H,2,8,10H2,1H3. The number of benzene rings is 2. The maximum atomic E-state index is 14.2. The first kappa shape index (κ1) is 16.7. The van der Waals surface area contributed by atoms with Crippen LogP contribution in [0.1, 0.15) is 30.5 Å². The Bertz CT molecular complexity index is 601. The van der Waals surface area contributed by atoms with Gasteiger partial charge in [-0.3, -0.25) is 0 Å². The molecule has 2 aromatic carbocycles. The van der Waals surface area contributed by atoms with Crippen molar-refractivity contribution in [2.24, 2.45) is 0 Å². The largest absolute Gasteiger partial charge is 0.310 e. The summed E-state index contributed by atoms with van der Waals surface area (Å²) in [5.41, 5.74) is 1.90. The topological polar surface area (TPSA) is 12.0 Å². The predicted molar refractivity (Wildman–Crippen MR) is 93.0 cm³/mol. The van der Waals surface area contributed by atoms with Crippen LogP contribution < -0.4 is 5.32 Å². The van der Waals surface area contributed by atoms with Crippen LogP contribution in [-0.4, -0.2) is 6.54 Å². The maximum absolute atomic E-state index is 14.2. The molecule has 0 saturated heterocycles. The van der Waals surface area contributed by atoms with Crippen molar-refractivity contribution >= 4 is 31.9 Å². The van der Waals surface area contributed by atoms with Gasteiger partial charge in [-0.2, -0.15) is 0 Å². The highest BCUT2D eigenvalue weighted by molar-refractivity contribution is 9.10. The van der Waals surface area contributed by atoms with E-state index in [9.17, 15) is 4.39 Å². The van der Waals surface area contributed by atoms with Crippen LogP contribution in [0, 0.1) is 5.82 Å². The van der Waals surface area contributed by atoms with Crippen LogP contribution in [0.3, 0.4) is 0 Å². The van der Waals surface area contributed by atoms with Crippen LogP contribution in [-0.2, 0) is 6.42 Å². The summed E-state index contributed by atoms with van der Waals surface area (Å²) >= 11 is 6.79. The van der Waals surface area contributed by atoms with Crippen LogP contribution in [0.2, 0.25) is 0 Å². The van der Waals surface area contributed by atoms with Gasteiger partial charge in [0, 0.05) is 20.6 Å². The maximum Gasteiger partial charge on any atom is 0.129 e. The average molecular weight is 415 g/mol. The van der Waals surface area contributed by atoms with Gasteiger partial charge in [0.15, 0.2) is 0 Å². The molecule has 0 aliphatic carbocycles. The molecule has 0 bridgehead atoms. The Morgan fingerprint density at radius 3 is 2.52 bits per heavy atom. The van der Waals surface area contributed by atoms with Gasteiger partial charge in [-0.15, -0.1) is 0 Å². The highest BCUT2D eigenvalue weighted by Gasteiger charge is 2.16. The number of hydrogen-bond donors (Lipinski definition) is 1. The summed E-state index contributed by atoms with van der Waals surface area (Å²) in [4.78, 5) is 0. The Labute approximate surface area is 142 Å². The predicted octanol–water partition coefficient (Wildman–Crippen LogP) is 5.63. The normalized spacial score (nSPS) is 12.4. The van der Waals surface area contributed by atoms with Crippen molar-refractivity contribution in [1.29, 1.82) is 0 Å². The van der Waals surface area contributed by atoms with Crippen LogP contribution in [0.25, 0.3) is 0 Å². The van der Waals surface area contributed by atoms with E-state index in [1.807, 2.05) is 24.3 Å². The molecule has 0 saturated carbocycles. The molecule has 112 valence electrons. The third-order valence-electron chi connectivity index (χ3n) is 3.31. The van der Waals surface area contributed by atoms with Crippen molar-refractivity contribution in [3.8, 4) is 0 Å². The Kier molecular flexibility index (Phi) is 6.40. The summed E-state index contributed by atoms with van der Waals surface area (Å²) in [6, 6.07) is 13.4. The van der Waals surface area contributed by atoms with E-state index in [-0.39, 0.29) is 11.9 Å². The minimum atomic E-state index is -0.173. The van der Waals surface area contributed by atoms with Gasteiger partial charge in [0.1, 0.15) is 5.82 Å². The Balaban J connectivity index is 2.25. The lowest BCUT2D eigenvalue weighted by molar-refractivity contribution is 0.497. The van der Waals surface area contributed by atoms with Crippen molar-refractivity contribution in [3.63, 3.8) is 0 Å². The smallest absolute Gasteiger partial charge is 0.129 e. The summed E-state index contributed by atoms with van der Waals surface area (Å²) < 4.78 is 16.0. The van der Waals surface area contributed by atoms with Crippen molar-refractivity contribution in [2.45, 2.75) is 25.8 Å². The zero-order chi connectivity index (χ0) is 15.2. The highest BCUT2D eigenvalue weighted by Crippen LogP contribution is 2.25. The van der Waals surface area contributed by atoms with Crippen molar-refractivity contribution in [3.05, 3.63) is 68.4 Å². The third kappa shape index (κ3) is 4.90. The summed E-state index contributed by atoms with van der Waals surface area (Å²) in [6.45, 7) is 2.98. The van der Waals surface area contributed by atoms with Crippen LogP contribution in [0.15, 0.2) is 51.4 Å². The molecule has 0 aliphatic rings. The van der Waals surface area contributed by atoms with Gasteiger partial charge in [0.2, 0.25) is 0 Å². The third-order valence-corrected chi connectivity index (χ3v) is 4.29. The molecule has 0 spiro atoms. The van der Waals surface area contributed by atoms with Crippen LogP contribution in [0.5, 0.6) is 0 Å². The molecule has 21 heavy (non-hydrogen) atoms. The fourth-order valence-corrected chi connectivity index (χ4v) is 3.07. The van der Waals surface area contributed by atoms with Gasteiger partial charge in [-0.05, 0) is 49.2 Å². The number of halogens is 3. The molecule has 0 aromatic heterocycles. The zero-order valence-electron chi connectivity index (χ0n) is 11.9. The molecule has 0 aliphatic heterocycles. The van der Waals surface area contributed by atoms with Crippen LogP contribution >= 0.6 is 31.9 Å². The quantitative estimate of drug-likeness (QED) is 0.645. The number of nitrogens with one attached hydrogen (secondary N) is 1. The molecule has 1 nitrogen and oxygen atoms in total. The van der Waals surface area contributed by atoms with E-state index >= 15 is 0 Å². The summed E-state index contributed by atoms with van der Waals surface area (Å²) in [7, 11) is 0. The van der Waals surface area contributed by atoms with Crippen molar-refractivity contribution < 1.29 is 4.39 Å². The molecule has 0 heterocycles. The number of rotatable bonds is 6. The van der Waals surface area contributed by atoms with E-state index < -0.39 is 0 Å². The first-order valence-corrected chi connectivity index (χ1v) is 8.61. The van der Waals surface area contributed by atoms with Crippen molar-refractivity contribution in [2.75, 3.05) is 6.54 Å². The molecule has 0 fully saturated rings. The van der Waals surface area contributed by atoms with E-state index in [2.05, 4.69) is 56.2 Å². The minimum Gasteiger partial charge on any atom is -0.310 e. The second-order valence-electron chi connectivity index (χ2n) is 5.01. The molecule has 2 rings (SSSR count). The Morgan fingerprint density at radius 2 is 1.86 bits per heavy atom. The van der Waals surface area contributed by atoms with E-state index in [0.29, 0.717) is 5.56 Å². The summed E-state index contributed by atoms with van der Waals surface area (Å²) in [5, 5.41) is 3.44. The fraction of sp³-hybridized carbons (Fsp3) is 0.294. The zero-order valence-corrected chi connectivity index (χ0v) is 15.0. The first-order chi connectivity index (χ1) is 10.1. The fourth-order valence-electron chi connectivity index (χ4n) is 2.29. The molecule has 4 heteroatoms. The summed E-state index contributed by atoms with van der Waals surface area (Å²) in [5.74, 6) is -0.173. The highest BCUT2D eigenvalue weighted by atomic mass is 79.9. The van der Waals surface area contributed by atoms with E-state index in [4.69, 9.17) is 0 Å². The van der Waals surface area contributed by atoms with Gasteiger partial charge in [0.25, 0.3) is 0 Å². The SMILES string of the molecule is CCCNC(Cc1cccc(Br)c1)c1ccc(Br)cc1F. The molecule has 1 N–H and O–H groups in total. The Hall–Kier alpha value is -0.710. The molecular formula is C17H18Br2FN. The van der Waals surface area contributed by atoms with E-state index in [1.165, 1.54) is 11.6 Å². The van der Waals surface area contributed by atoms with E-state index in [0.717, 1.165) is 28.3 Å². The van der Waals surface area contributed by atoms with Gasteiger partial charge in [0.05, 0.1) is 0 Å². The minimum absolute atomic E-state index is 0.0210. The average Bonchev–Trinajstić information content (AvgIpc) is 2.44. The second-order valence-corrected chi connectivity index (χ2v) is 6.84. The molecule has 0 amide bonds. The monoisotopic (exact) mass is 413 g/mol. The van der Waals surface area contributed by atoms with Crippen LogP contribution in [0.4, 0.5) is 4.39 Å². The van der Waals surface area contributed by atoms with Gasteiger partial charge < -0.3 is 5.32 Å². The lowest BCUT2D eigenvalue weighted by Gasteiger charge is -2.20. The second kappa shape index (κ2) is 8.06. The lowest BCUT2D eigenvalue weighted by Crippen LogP contribution is -2.25. The molecule has 0 radical (unpaired) electrons. The van der Waals surface area contributed by atoms with E-state index in [1.54, 1.807) is 0 Å². The lowest BCUT2D eigenvalue weighted by atomic mass is 9.98. The summed E-state index contributed by atoms with van der Waals surface area (Å²) in [6.07, 6.45) is 1.78. The first-order valence-electron chi connectivity index (χ1n) is 7.03. The van der Waals surface area contributed by atoms with Gasteiger partial charge in [-0.25, -0.2) is 4.39 Å². The molecular weight excluding hydrogens is 397 g/mol. The molecule has 1 atom stereocenters. The Morgan fingerprint density at radius 1 is 1.10 bits per heavy atom. The number of hydrogen-bond acceptors (Lipinski definition) is 1. The molecule has 2 aromatic rings. The van der Waals surface area contributed by atoms with Gasteiger partial charge in [-0.1, -0.05) is 57.0 Å². The molecule has 1 unspecified atom stereocenters.